The zero-order valence-electron chi connectivity index (χ0n) is 17.9. The molecule has 1 spiro atoms. The quantitative estimate of drug-likeness (QED) is 0.794. The number of hydrogen-bond acceptors (Lipinski definition) is 3. The summed E-state index contributed by atoms with van der Waals surface area (Å²) < 4.78 is 6.54. The van der Waals surface area contributed by atoms with Gasteiger partial charge in [0.1, 0.15) is 11.4 Å². The zero-order valence-corrected chi connectivity index (χ0v) is 17.9. The van der Waals surface area contributed by atoms with Crippen LogP contribution in [0.4, 0.5) is 0 Å². The summed E-state index contributed by atoms with van der Waals surface area (Å²) in [7, 11) is 0. The Morgan fingerprint density at radius 2 is 1.71 bits per heavy atom. The van der Waals surface area contributed by atoms with Crippen molar-refractivity contribution < 1.29 is 14.3 Å². The molecule has 5 nitrogen and oxygen atoms in total. The highest BCUT2D eigenvalue weighted by atomic mass is 16.5. The summed E-state index contributed by atoms with van der Waals surface area (Å²) in [5.74, 6) is 1.96. The fourth-order valence-electron chi connectivity index (χ4n) is 4.99. The normalized spacial score (nSPS) is 21.8. The van der Waals surface area contributed by atoms with Gasteiger partial charge in [0, 0.05) is 50.4 Å². The zero-order chi connectivity index (χ0) is 21.3. The summed E-state index contributed by atoms with van der Waals surface area (Å²) in [6.45, 7) is 2.17. The molecule has 5 rings (SSSR count). The number of hydrogen-bond donors (Lipinski definition) is 1. The molecule has 1 saturated heterocycles. The summed E-state index contributed by atoms with van der Waals surface area (Å²) in [4.78, 5) is 27.4. The molecule has 1 unspecified atom stereocenters. The summed E-state index contributed by atoms with van der Waals surface area (Å²) >= 11 is 0. The number of amides is 2. The van der Waals surface area contributed by atoms with Crippen LogP contribution in [0.5, 0.6) is 5.75 Å². The number of nitrogens with zero attached hydrogens (tertiary/aromatic N) is 1. The average molecular weight is 419 g/mol. The highest BCUT2D eigenvalue weighted by Gasteiger charge is 2.44. The number of fused-ring (bicyclic) bond motifs is 1. The molecule has 0 radical (unpaired) electrons. The average Bonchev–Trinajstić information content (AvgIpc) is 3.63. The molecule has 0 aromatic heterocycles. The SMILES string of the molecule is O=C(CC1CC2(CCN(C(=O)c3ccccc3)CC2)Oc2ccccc21)NCC1CC1. The first-order chi connectivity index (χ1) is 15.1. The first-order valence-electron chi connectivity index (χ1n) is 11.5. The van der Waals surface area contributed by atoms with Crippen LogP contribution in [-0.4, -0.2) is 41.9 Å². The number of benzene rings is 2. The van der Waals surface area contributed by atoms with Crippen LogP contribution in [0.25, 0.3) is 0 Å². The molecule has 1 saturated carbocycles. The molecule has 2 fully saturated rings. The van der Waals surface area contributed by atoms with Crippen molar-refractivity contribution >= 4 is 11.8 Å². The number of carbonyl (C=O) groups is 2. The van der Waals surface area contributed by atoms with Crippen LogP contribution in [0, 0.1) is 5.92 Å². The van der Waals surface area contributed by atoms with Gasteiger partial charge in [0.15, 0.2) is 0 Å². The molecular formula is C26H30N2O3. The third-order valence-electron chi connectivity index (χ3n) is 7.00. The Hall–Kier alpha value is -2.82. The van der Waals surface area contributed by atoms with Crippen molar-refractivity contribution in [3.63, 3.8) is 0 Å². The van der Waals surface area contributed by atoms with E-state index in [1.165, 1.54) is 12.8 Å². The molecular weight excluding hydrogens is 388 g/mol. The highest BCUT2D eigenvalue weighted by molar-refractivity contribution is 5.94. The van der Waals surface area contributed by atoms with E-state index in [0.29, 0.717) is 25.4 Å². The Morgan fingerprint density at radius 3 is 2.45 bits per heavy atom. The number of para-hydroxylation sites is 1. The Balaban J connectivity index is 1.27. The summed E-state index contributed by atoms with van der Waals surface area (Å²) in [6.07, 6.45) is 5.39. The van der Waals surface area contributed by atoms with Crippen LogP contribution in [0.3, 0.4) is 0 Å². The summed E-state index contributed by atoms with van der Waals surface area (Å²) in [5.41, 5.74) is 1.57. The maximum absolute atomic E-state index is 12.8. The molecule has 2 aromatic rings. The Kier molecular flexibility index (Phi) is 5.43. The van der Waals surface area contributed by atoms with E-state index in [1.54, 1.807) is 0 Å². The Bertz CT molecular complexity index is 946. The second kappa shape index (κ2) is 8.37. The minimum atomic E-state index is -0.302. The van der Waals surface area contributed by atoms with Crippen LogP contribution < -0.4 is 10.1 Å². The molecule has 3 aliphatic rings. The number of ether oxygens (including phenoxy) is 1. The number of carbonyl (C=O) groups excluding carboxylic acids is 2. The fraction of sp³-hybridized carbons (Fsp3) is 0.462. The van der Waals surface area contributed by atoms with E-state index in [1.807, 2.05) is 53.4 Å². The van der Waals surface area contributed by atoms with E-state index in [9.17, 15) is 9.59 Å². The smallest absolute Gasteiger partial charge is 0.253 e. The molecule has 1 N–H and O–H groups in total. The van der Waals surface area contributed by atoms with Gasteiger partial charge in [0.2, 0.25) is 5.91 Å². The van der Waals surface area contributed by atoms with Gasteiger partial charge in [0.25, 0.3) is 5.91 Å². The minimum Gasteiger partial charge on any atom is -0.487 e. The predicted molar refractivity (Wildman–Crippen MR) is 119 cm³/mol. The van der Waals surface area contributed by atoms with E-state index in [0.717, 1.165) is 42.7 Å². The van der Waals surface area contributed by atoms with Crippen molar-refractivity contribution in [1.82, 2.24) is 10.2 Å². The number of piperidine rings is 1. The Morgan fingerprint density at radius 1 is 1.00 bits per heavy atom. The van der Waals surface area contributed by atoms with Crippen molar-refractivity contribution in [3.05, 3.63) is 65.7 Å². The van der Waals surface area contributed by atoms with Gasteiger partial charge in [0.05, 0.1) is 0 Å². The van der Waals surface area contributed by atoms with Crippen LogP contribution in [0.1, 0.15) is 60.4 Å². The van der Waals surface area contributed by atoms with Gasteiger partial charge < -0.3 is 15.0 Å². The lowest BCUT2D eigenvalue weighted by atomic mass is 9.76. The fourth-order valence-corrected chi connectivity index (χ4v) is 4.99. The van der Waals surface area contributed by atoms with Crippen LogP contribution in [0.15, 0.2) is 54.6 Å². The molecule has 5 heteroatoms. The van der Waals surface area contributed by atoms with Crippen molar-refractivity contribution in [2.45, 2.75) is 50.0 Å². The highest BCUT2D eigenvalue weighted by Crippen LogP contribution is 2.46. The molecule has 162 valence electrons. The molecule has 1 atom stereocenters. The van der Waals surface area contributed by atoms with Crippen molar-refractivity contribution in [2.75, 3.05) is 19.6 Å². The lowest BCUT2D eigenvalue weighted by Crippen LogP contribution is -2.52. The van der Waals surface area contributed by atoms with Gasteiger partial charge in [-0.3, -0.25) is 9.59 Å². The lowest BCUT2D eigenvalue weighted by molar-refractivity contribution is -0.122. The van der Waals surface area contributed by atoms with Gasteiger partial charge in [-0.25, -0.2) is 0 Å². The molecule has 1 aliphatic carbocycles. The molecule has 2 aromatic carbocycles. The molecule has 2 amide bonds. The first kappa shape index (κ1) is 20.1. The van der Waals surface area contributed by atoms with E-state index in [4.69, 9.17) is 4.74 Å². The van der Waals surface area contributed by atoms with Gasteiger partial charge in [-0.1, -0.05) is 36.4 Å². The monoisotopic (exact) mass is 418 g/mol. The van der Waals surface area contributed by atoms with Crippen LogP contribution in [0.2, 0.25) is 0 Å². The standard InChI is InChI=1S/C26H30N2O3/c29-24(27-18-19-10-11-19)16-21-17-26(31-23-9-5-4-8-22(21)23)12-14-28(15-13-26)25(30)20-6-2-1-3-7-20/h1-9,19,21H,10-18H2,(H,27,29). The molecule has 31 heavy (non-hydrogen) atoms. The molecule has 2 heterocycles. The van der Waals surface area contributed by atoms with E-state index in [2.05, 4.69) is 11.4 Å². The largest absolute Gasteiger partial charge is 0.487 e. The first-order valence-corrected chi connectivity index (χ1v) is 11.5. The van der Waals surface area contributed by atoms with Gasteiger partial charge >= 0.3 is 0 Å². The van der Waals surface area contributed by atoms with Crippen molar-refractivity contribution in [1.29, 1.82) is 0 Å². The summed E-state index contributed by atoms with van der Waals surface area (Å²) in [6, 6.07) is 17.6. The topological polar surface area (TPSA) is 58.6 Å². The van der Waals surface area contributed by atoms with Crippen LogP contribution >= 0.6 is 0 Å². The molecule has 2 aliphatic heterocycles. The number of rotatable bonds is 5. The Labute approximate surface area is 183 Å². The predicted octanol–water partition coefficient (Wildman–Crippen LogP) is 4.14. The maximum Gasteiger partial charge on any atom is 0.253 e. The number of likely N-dealkylation sites (tertiary alicyclic amines) is 1. The lowest BCUT2D eigenvalue weighted by Gasteiger charge is -2.47. The second-order valence-corrected chi connectivity index (χ2v) is 9.33. The van der Waals surface area contributed by atoms with Gasteiger partial charge in [-0.15, -0.1) is 0 Å². The van der Waals surface area contributed by atoms with E-state index >= 15 is 0 Å². The maximum atomic E-state index is 12.8. The van der Waals surface area contributed by atoms with Gasteiger partial charge in [-0.05, 0) is 48.9 Å². The molecule has 0 bridgehead atoms. The van der Waals surface area contributed by atoms with Crippen LogP contribution in [-0.2, 0) is 4.79 Å². The number of nitrogens with one attached hydrogen (secondary N) is 1. The summed E-state index contributed by atoms with van der Waals surface area (Å²) in [5, 5.41) is 3.12. The third kappa shape index (κ3) is 4.46. The van der Waals surface area contributed by atoms with E-state index < -0.39 is 0 Å². The third-order valence-corrected chi connectivity index (χ3v) is 7.00. The van der Waals surface area contributed by atoms with Crippen molar-refractivity contribution in [3.8, 4) is 5.75 Å². The second-order valence-electron chi connectivity index (χ2n) is 9.33. The van der Waals surface area contributed by atoms with Crippen molar-refractivity contribution in [2.24, 2.45) is 5.92 Å². The van der Waals surface area contributed by atoms with Gasteiger partial charge in [-0.2, -0.15) is 0 Å². The minimum absolute atomic E-state index is 0.0858. The van der Waals surface area contributed by atoms with E-state index in [-0.39, 0.29) is 23.3 Å².